The molecule has 1 atom stereocenters. The number of alkyl halides is 3. The number of H-pyrrole nitrogens is 1. The number of rotatable bonds is 11. The maximum Gasteiger partial charge on any atom is 0.433 e. The van der Waals surface area contributed by atoms with E-state index < -0.39 is 42.2 Å². The monoisotopic (exact) mass is 527 g/mol. The number of carbonyl (C=O) groups is 2. The first kappa shape index (κ1) is 29.0. The lowest BCUT2D eigenvalue weighted by molar-refractivity contribution is -0.141. The third kappa shape index (κ3) is 9.40. The van der Waals surface area contributed by atoms with E-state index in [1.807, 2.05) is 0 Å². The van der Waals surface area contributed by atoms with E-state index in [9.17, 15) is 32.3 Å². The van der Waals surface area contributed by atoms with Gasteiger partial charge < -0.3 is 25.2 Å². The number of carbonyl (C=O) groups excluding carboxylic acids is 2. The Balaban J connectivity index is 0.00000235. The van der Waals surface area contributed by atoms with Crippen LogP contribution < -0.4 is 20.1 Å². The highest BCUT2D eigenvalue weighted by Gasteiger charge is 2.32. The third-order valence-corrected chi connectivity index (χ3v) is 4.58. The van der Waals surface area contributed by atoms with Gasteiger partial charge in [0.25, 0.3) is 11.8 Å². The molecule has 37 heavy (non-hydrogen) atoms. The maximum atomic E-state index is 13.9. The van der Waals surface area contributed by atoms with E-state index in [1.54, 1.807) is 0 Å². The molecule has 0 bridgehead atoms. The molecule has 1 unspecified atom stereocenters. The summed E-state index contributed by atoms with van der Waals surface area (Å²) in [6.45, 7) is 5.09. The molecule has 0 spiro atoms. The van der Waals surface area contributed by atoms with Gasteiger partial charge in [-0.2, -0.15) is 18.3 Å². The minimum absolute atomic E-state index is 0.0224. The number of aromatic amines is 1. The zero-order chi connectivity index (χ0) is 27.4. The van der Waals surface area contributed by atoms with Crippen LogP contribution in [0, 0.1) is 5.82 Å². The summed E-state index contributed by atoms with van der Waals surface area (Å²) in [5, 5.41) is 21.5. The molecule has 1 aromatic carbocycles. The van der Waals surface area contributed by atoms with Crippen LogP contribution in [0.2, 0.25) is 0 Å². The summed E-state index contributed by atoms with van der Waals surface area (Å²) in [4.78, 5) is 26.9. The maximum absolute atomic E-state index is 13.9. The Kier molecular flexibility index (Phi) is 10.8. The molecule has 0 aliphatic carbocycles. The molecule has 10 nitrogen and oxygen atoms in total. The number of hydrogen-bond acceptors (Lipinski definition) is 7. The molecular formula is C23H25F4N5O5. The molecule has 3 aromatic rings. The molecule has 0 saturated heterocycles. The molecule has 3 rings (SSSR count). The zero-order valence-electron chi connectivity index (χ0n) is 19.5. The van der Waals surface area contributed by atoms with Crippen LogP contribution >= 0.6 is 0 Å². The van der Waals surface area contributed by atoms with Crippen molar-refractivity contribution in [3.8, 4) is 11.5 Å². The average Bonchev–Trinajstić information content (AvgIpc) is 3.35. The highest BCUT2D eigenvalue weighted by atomic mass is 19.4. The summed E-state index contributed by atoms with van der Waals surface area (Å²) in [5.41, 5.74) is -0.660. The number of benzene rings is 1. The number of amides is 2. The third-order valence-electron chi connectivity index (χ3n) is 4.58. The predicted molar refractivity (Wildman–Crippen MR) is 124 cm³/mol. The fourth-order valence-corrected chi connectivity index (χ4v) is 2.81. The molecule has 0 saturated carbocycles. The van der Waals surface area contributed by atoms with Gasteiger partial charge in [0.15, 0.2) is 13.2 Å². The molecule has 200 valence electrons. The van der Waals surface area contributed by atoms with Crippen molar-refractivity contribution in [1.29, 1.82) is 0 Å². The van der Waals surface area contributed by atoms with Crippen LogP contribution in [0.4, 0.5) is 17.6 Å². The Bertz CT molecular complexity index is 1170. The van der Waals surface area contributed by atoms with E-state index in [0.29, 0.717) is 10.9 Å². The van der Waals surface area contributed by atoms with Gasteiger partial charge in [-0.3, -0.25) is 14.7 Å². The van der Waals surface area contributed by atoms with Crippen molar-refractivity contribution in [3.63, 3.8) is 0 Å². The number of pyridine rings is 1. The summed E-state index contributed by atoms with van der Waals surface area (Å²) in [6.07, 6.45) is -3.26. The second kappa shape index (κ2) is 13.8. The quantitative estimate of drug-likeness (QED) is 0.222. The van der Waals surface area contributed by atoms with Gasteiger partial charge in [0.2, 0.25) is 0 Å². The van der Waals surface area contributed by atoms with E-state index in [2.05, 4.69) is 39.0 Å². The van der Waals surface area contributed by atoms with E-state index in [4.69, 9.17) is 9.47 Å². The van der Waals surface area contributed by atoms with Crippen LogP contribution in [-0.4, -0.2) is 64.5 Å². The molecule has 0 aliphatic rings. The summed E-state index contributed by atoms with van der Waals surface area (Å²) in [7, 11) is 0. The van der Waals surface area contributed by atoms with Gasteiger partial charge in [-0.05, 0) is 18.6 Å². The van der Waals surface area contributed by atoms with Crippen LogP contribution in [0.3, 0.4) is 0 Å². The number of aliphatic hydroxyl groups is 1. The first-order valence-corrected chi connectivity index (χ1v) is 10.7. The SMILES string of the molecule is C=C.O=C(COc1cc(F)c2cn[nH]c2c1)NCCC(O)CNC(=O)COc1ccc(C(F)(F)F)nc1. The van der Waals surface area contributed by atoms with Crippen molar-refractivity contribution < 1.29 is 41.7 Å². The number of hydrogen-bond donors (Lipinski definition) is 4. The lowest BCUT2D eigenvalue weighted by Gasteiger charge is -2.13. The first-order valence-electron chi connectivity index (χ1n) is 10.7. The summed E-state index contributed by atoms with van der Waals surface area (Å²) in [5.74, 6) is -1.52. The van der Waals surface area contributed by atoms with Gasteiger partial charge in [0.1, 0.15) is 23.0 Å². The number of fused-ring (bicyclic) bond motifs is 1. The minimum Gasteiger partial charge on any atom is -0.484 e. The molecule has 4 N–H and O–H groups in total. The van der Waals surface area contributed by atoms with Crippen molar-refractivity contribution >= 4 is 22.7 Å². The van der Waals surface area contributed by atoms with Gasteiger partial charge in [0, 0.05) is 25.2 Å². The molecule has 14 heteroatoms. The second-order valence-corrected chi connectivity index (χ2v) is 7.29. The summed E-state index contributed by atoms with van der Waals surface area (Å²) in [6, 6.07) is 4.40. The molecule has 0 radical (unpaired) electrons. The summed E-state index contributed by atoms with van der Waals surface area (Å²) >= 11 is 0. The van der Waals surface area contributed by atoms with Gasteiger partial charge in [-0.15, -0.1) is 13.2 Å². The number of aliphatic hydroxyl groups excluding tert-OH is 1. The first-order chi connectivity index (χ1) is 17.6. The Labute approximate surface area is 208 Å². The second-order valence-electron chi connectivity index (χ2n) is 7.29. The fraction of sp³-hybridized carbons (Fsp3) is 0.304. The van der Waals surface area contributed by atoms with Gasteiger partial charge in [0.05, 0.1) is 29.4 Å². The molecule has 2 heterocycles. The minimum atomic E-state index is -4.58. The smallest absolute Gasteiger partial charge is 0.433 e. The van der Waals surface area contributed by atoms with Crippen LogP contribution in [0.15, 0.2) is 49.8 Å². The highest BCUT2D eigenvalue weighted by Crippen LogP contribution is 2.28. The number of nitrogens with one attached hydrogen (secondary N) is 3. The molecule has 0 aliphatic heterocycles. The fourth-order valence-electron chi connectivity index (χ4n) is 2.81. The molecule has 2 aromatic heterocycles. The largest absolute Gasteiger partial charge is 0.484 e. The van der Waals surface area contributed by atoms with Crippen LogP contribution in [-0.2, 0) is 15.8 Å². The number of aromatic nitrogens is 3. The lowest BCUT2D eigenvalue weighted by Crippen LogP contribution is -2.37. The molecule has 0 fully saturated rings. The van der Waals surface area contributed by atoms with E-state index in [1.165, 1.54) is 12.3 Å². The van der Waals surface area contributed by atoms with Gasteiger partial charge >= 0.3 is 6.18 Å². The van der Waals surface area contributed by atoms with Crippen LogP contribution in [0.1, 0.15) is 12.1 Å². The van der Waals surface area contributed by atoms with Crippen molar-refractivity contribution in [1.82, 2.24) is 25.8 Å². The Morgan fingerprint density at radius 3 is 2.38 bits per heavy atom. The van der Waals surface area contributed by atoms with Crippen LogP contribution in [0.5, 0.6) is 11.5 Å². The Morgan fingerprint density at radius 2 is 1.73 bits per heavy atom. The van der Waals surface area contributed by atoms with Crippen molar-refractivity contribution in [3.05, 3.63) is 61.3 Å². The number of nitrogens with zero attached hydrogens (tertiary/aromatic N) is 2. The Morgan fingerprint density at radius 1 is 1.05 bits per heavy atom. The van der Waals surface area contributed by atoms with Crippen LogP contribution in [0.25, 0.3) is 10.9 Å². The highest BCUT2D eigenvalue weighted by molar-refractivity contribution is 5.81. The van der Waals surface area contributed by atoms with Gasteiger partial charge in [-0.1, -0.05) is 0 Å². The molecule has 2 amide bonds. The average molecular weight is 527 g/mol. The predicted octanol–water partition coefficient (Wildman–Crippen LogP) is 2.36. The summed E-state index contributed by atoms with van der Waals surface area (Å²) < 4.78 is 61.6. The van der Waals surface area contributed by atoms with Crippen molar-refractivity contribution in [2.24, 2.45) is 0 Å². The normalized spacial score (nSPS) is 11.7. The van der Waals surface area contributed by atoms with E-state index in [0.717, 1.165) is 24.4 Å². The lowest BCUT2D eigenvalue weighted by atomic mass is 10.2. The number of halogens is 4. The van der Waals surface area contributed by atoms with Gasteiger partial charge in [-0.25, -0.2) is 9.37 Å². The van der Waals surface area contributed by atoms with Crippen molar-refractivity contribution in [2.75, 3.05) is 26.3 Å². The van der Waals surface area contributed by atoms with E-state index in [-0.39, 0.29) is 37.6 Å². The number of ether oxygens (including phenoxy) is 2. The standard InChI is InChI=1S/C21H21F4N5O5.C2H4/c22-16-5-14(6-17-15(16)9-29-30-17)35-10-19(32)26-4-3-12(31)7-28-20(33)11-34-13-1-2-18(27-8-13)21(23,24)25;1-2/h1-2,5-6,8-9,12,31H,3-4,7,10-11H2,(H,26,32)(H,28,33)(H,29,30);1-2H2. The Hall–Kier alpha value is -4.20. The zero-order valence-corrected chi connectivity index (χ0v) is 19.5. The molecular weight excluding hydrogens is 502 g/mol. The topological polar surface area (TPSA) is 138 Å². The van der Waals surface area contributed by atoms with Crippen molar-refractivity contribution in [2.45, 2.75) is 18.7 Å². The van der Waals surface area contributed by atoms with E-state index >= 15 is 0 Å².